The summed E-state index contributed by atoms with van der Waals surface area (Å²) < 4.78 is 23.3. The van der Waals surface area contributed by atoms with E-state index in [0.717, 1.165) is 40.2 Å². The molecule has 1 aliphatic rings. The minimum atomic E-state index is -0.960. The molecule has 218 valence electrons. The monoisotopic (exact) mass is 581 g/mol. The minimum Gasteiger partial charge on any atom is -0.496 e. The molecule has 1 saturated heterocycles. The number of halogens is 1. The Labute approximate surface area is 245 Å². The van der Waals surface area contributed by atoms with E-state index in [1.165, 1.54) is 4.90 Å². The zero-order chi connectivity index (χ0) is 29.2. The lowest BCUT2D eigenvalue weighted by Gasteiger charge is -2.37. The predicted molar refractivity (Wildman–Crippen MR) is 156 cm³/mol. The lowest BCUT2D eigenvalue weighted by atomic mass is 9.87. The SMILES string of the molecule is COc1ccccc1COCCCOc1ccc(C2CCN(C(=O)O)CC2OCc2ccc(C)c(C(=O)Cl)c2)cc1. The lowest BCUT2D eigenvalue weighted by molar-refractivity contribution is -0.0199. The smallest absolute Gasteiger partial charge is 0.407 e. The number of ether oxygens (including phenoxy) is 4. The zero-order valence-electron chi connectivity index (χ0n) is 23.4. The predicted octanol–water partition coefficient (Wildman–Crippen LogP) is 6.42. The highest BCUT2D eigenvalue weighted by atomic mass is 35.5. The lowest BCUT2D eigenvalue weighted by Crippen LogP contribution is -2.46. The normalized spacial score (nSPS) is 16.8. The highest BCUT2D eigenvalue weighted by molar-refractivity contribution is 6.67. The molecule has 1 aliphatic heterocycles. The molecule has 2 atom stereocenters. The van der Waals surface area contributed by atoms with Crippen molar-refractivity contribution in [1.29, 1.82) is 0 Å². The van der Waals surface area contributed by atoms with E-state index < -0.39 is 11.3 Å². The van der Waals surface area contributed by atoms with Crippen LogP contribution in [-0.2, 0) is 22.7 Å². The fourth-order valence-corrected chi connectivity index (χ4v) is 5.18. The van der Waals surface area contributed by atoms with Crippen molar-refractivity contribution in [3.05, 3.63) is 94.5 Å². The molecule has 1 N–H and O–H groups in total. The molecule has 3 aromatic rings. The maximum atomic E-state index is 11.7. The number of methoxy groups -OCH3 is 1. The van der Waals surface area contributed by atoms with Crippen LogP contribution in [0.25, 0.3) is 0 Å². The molecule has 1 fully saturated rings. The molecule has 0 spiro atoms. The zero-order valence-corrected chi connectivity index (χ0v) is 24.1. The Morgan fingerprint density at radius 3 is 2.54 bits per heavy atom. The Morgan fingerprint density at radius 2 is 1.80 bits per heavy atom. The van der Waals surface area contributed by atoms with E-state index >= 15 is 0 Å². The van der Waals surface area contributed by atoms with Gasteiger partial charge < -0.3 is 29.0 Å². The van der Waals surface area contributed by atoms with E-state index in [2.05, 4.69) is 0 Å². The summed E-state index contributed by atoms with van der Waals surface area (Å²) in [6.07, 6.45) is 0.0813. The van der Waals surface area contributed by atoms with E-state index in [9.17, 15) is 14.7 Å². The summed E-state index contributed by atoms with van der Waals surface area (Å²) in [5.74, 6) is 1.59. The van der Waals surface area contributed by atoms with Gasteiger partial charge in [-0.25, -0.2) is 4.79 Å². The number of carbonyl (C=O) groups excluding carboxylic acids is 1. The van der Waals surface area contributed by atoms with Gasteiger partial charge >= 0.3 is 6.09 Å². The highest BCUT2D eigenvalue weighted by Crippen LogP contribution is 2.32. The second-order valence-electron chi connectivity index (χ2n) is 10.0. The first kappa shape index (κ1) is 30.4. The van der Waals surface area contributed by atoms with Gasteiger partial charge in [0.1, 0.15) is 11.5 Å². The van der Waals surface area contributed by atoms with Crippen molar-refractivity contribution in [2.75, 3.05) is 33.4 Å². The summed E-state index contributed by atoms with van der Waals surface area (Å²) >= 11 is 5.71. The molecule has 0 aromatic heterocycles. The Balaban J connectivity index is 1.30. The number of carboxylic acid groups (broad SMARTS) is 1. The van der Waals surface area contributed by atoms with Crippen LogP contribution in [0.15, 0.2) is 66.7 Å². The molecule has 0 radical (unpaired) electrons. The summed E-state index contributed by atoms with van der Waals surface area (Å²) in [6, 6.07) is 21.1. The van der Waals surface area contributed by atoms with E-state index in [-0.39, 0.29) is 25.2 Å². The van der Waals surface area contributed by atoms with Crippen LogP contribution in [0.4, 0.5) is 4.79 Å². The molecule has 1 amide bonds. The Morgan fingerprint density at radius 1 is 1.02 bits per heavy atom. The summed E-state index contributed by atoms with van der Waals surface area (Å²) in [5.41, 5.74) is 4.12. The molecule has 1 heterocycles. The van der Waals surface area contributed by atoms with Gasteiger partial charge in [-0.1, -0.05) is 42.5 Å². The summed E-state index contributed by atoms with van der Waals surface area (Å²) in [6.45, 7) is 4.34. The summed E-state index contributed by atoms with van der Waals surface area (Å²) in [7, 11) is 1.65. The first-order valence-electron chi connectivity index (χ1n) is 13.7. The fourth-order valence-electron chi connectivity index (χ4n) is 4.98. The van der Waals surface area contributed by atoms with Crippen LogP contribution in [0.3, 0.4) is 0 Å². The molecule has 2 unspecified atom stereocenters. The van der Waals surface area contributed by atoms with Gasteiger partial charge in [-0.05, 0) is 65.9 Å². The standard InChI is InChI=1S/C32H36ClNO7/c1-22-8-9-23(18-28(22)31(33)35)20-41-30-19-34(32(36)37)15-14-27(30)24-10-12-26(13-11-24)40-17-5-16-39-21-25-6-3-4-7-29(25)38-2/h3-4,6-13,18,27,30H,5,14-17,19-21H2,1-2H3,(H,36,37). The molecule has 0 bridgehead atoms. The third-order valence-electron chi connectivity index (χ3n) is 7.27. The van der Waals surface area contributed by atoms with Gasteiger partial charge in [-0.2, -0.15) is 0 Å². The largest absolute Gasteiger partial charge is 0.496 e. The van der Waals surface area contributed by atoms with Crippen molar-refractivity contribution in [2.45, 2.75) is 45.0 Å². The number of nitrogens with zero attached hydrogens (tertiary/aromatic N) is 1. The maximum absolute atomic E-state index is 11.7. The number of para-hydroxylation sites is 1. The van der Waals surface area contributed by atoms with Crippen molar-refractivity contribution in [3.63, 3.8) is 0 Å². The van der Waals surface area contributed by atoms with Gasteiger partial charge in [-0.15, -0.1) is 0 Å². The number of rotatable bonds is 13. The van der Waals surface area contributed by atoms with Crippen molar-refractivity contribution >= 4 is 22.9 Å². The second kappa shape index (κ2) is 14.9. The van der Waals surface area contributed by atoms with Crippen molar-refractivity contribution in [2.24, 2.45) is 0 Å². The topological polar surface area (TPSA) is 94.5 Å². The molecule has 9 heteroatoms. The van der Waals surface area contributed by atoms with Crippen molar-refractivity contribution in [1.82, 2.24) is 4.90 Å². The van der Waals surface area contributed by atoms with Crippen LogP contribution < -0.4 is 9.47 Å². The van der Waals surface area contributed by atoms with E-state index in [1.807, 2.05) is 67.6 Å². The minimum absolute atomic E-state index is 0.0163. The number of hydrogen-bond donors (Lipinski definition) is 1. The van der Waals surface area contributed by atoms with E-state index in [0.29, 0.717) is 38.3 Å². The molecule has 4 rings (SSSR count). The van der Waals surface area contributed by atoms with Crippen LogP contribution in [-0.4, -0.2) is 60.9 Å². The van der Waals surface area contributed by atoms with Crippen molar-refractivity contribution in [3.8, 4) is 11.5 Å². The average molecular weight is 582 g/mol. The highest BCUT2D eigenvalue weighted by Gasteiger charge is 2.33. The molecule has 3 aromatic carbocycles. The van der Waals surface area contributed by atoms with Crippen molar-refractivity contribution < 1.29 is 33.6 Å². The number of piperidine rings is 1. The van der Waals surface area contributed by atoms with Gasteiger partial charge in [0.05, 0.1) is 46.2 Å². The molecular weight excluding hydrogens is 546 g/mol. The van der Waals surface area contributed by atoms with Crippen LogP contribution in [0, 0.1) is 6.92 Å². The average Bonchev–Trinajstić information content (AvgIpc) is 2.98. The number of amides is 1. The molecular formula is C32H36ClNO7. The first-order valence-corrected chi connectivity index (χ1v) is 14.0. The number of carbonyl (C=O) groups is 2. The second-order valence-corrected chi connectivity index (χ2v) is 10.4. The van der Waals surface area contributed by atoms with Gasteiger partial charge in [0.2, 0.25) is 0 Å². The molecule has 0 saturated carbocycles. The van der Waals surface area contributed by atoms with E-state index in [4.69, 9.17) is 30.5 Å². The van der Waals surface area contributed by atoms with Crippen LogP contribution in [0.5, 0.6) is 11.5 Å². The summed E-state index contributed by atoms with van der Waals surface area (Å²) in [5, 5.41) is 9.05. The maximum Gasteiger partial charge on any atom is 0.407 e. The molecule has 41 heavy (non-hydrogen) atoms. The Hall–Kier alpha value is -3.59. The van der Waals surface area contributed by atoms with Gasteiger partial charge in [0.25, 0.3) is 5.24 Å². The fraction of sp³-hybridized carbons (Fsp3) is 0.375. The number of aryl methyl sites for hydroxylation is 1. The molecule has 0 aliphatic carbocycles. The van der Waals surface area contributed by atoms with Gasteiger partial charge in [0.15, 0.2) is 0 Å². The third kappa shape index (κ3) is 8.45. The summed E-state index contributed by atoms with van der Waals surface area (Å²) in [4.78, 5) is 24.8. The Bertz CT molecular complexity index is 1310. The quantitative estimate of drug-likeness (QED) is 0.184. The third-order valence-corrected chi connectivity index (χ3v) is 7.47. The van der Waals surface area contributed by atoms with E-state index in [1.54, 1.807) is 13.2 Å². The molecule has 8 nitrogen and oxygen atoms in total. The number of likely N-dealkylation sites (tertiary alicyclic amines) is 1. The Kier molecular flexibility index (Phi) is 11.0. The number of benzene rings is 3. The van der Waals surface area contributed by atoms with Crippen LogP contribution in [0.2, 0.25) is 0 Å². The number of hydrogen-bond acceptors (Lipinski definition) is 6. The van der Waals surface area contributed by atoms with Crippen LogP contribution in [0.1, 0.15) is 51.4 Å². The van der Waals surface area contributed by atoms with Gasteiger partial charge in [0, 0.05) is 30.0 Å². The first-order chi connectivity index (χ1) is 19.9. The van der Waals surface area contributed by atoms with Gasteiger partial charge in [-0.3, -0.25) is 4.79 Å². The van der Waals surface area contributed by atoms with Crippen LogP contribution >= 0.6 is 11.6 Å².